The first-order valence-electron chi connectivity index (χ1n) is 8.02. The monoisotopic (exact) mass is 324 g/mol. The van der Waals surface area contributed by atoms with Crippen molar-refractivity contribution in [3.05, 3.63) is 35.1 Å². The molecule has 5 nitrogen and oxygen atoms in total. The molecule has 1 aliphatic heterocycles. The van der Waals surface area contributed by atoms with Crippen molar-refractivity contribution in [3.63, 3.8) is 0 Å². The van der Waals surface area contributed by atoms with Crippen LogP contribution in [0.25, 0.3) is 0 Å². The number of hydrogen-bond acceptors (Lipinski definition) is 4. The van der Waals surface area contributed by atoms with Crippen LogP contribution < -0.4 is 0 Å². The quantitative estimate of drug-likeness (QED) is 0.862. The van der Waals surface area contributed by atoms with E-state index in [1.807, 2.05) is 6.92 Å². The maximum Gasteiger partial charge on any atom is 0.253 e. The lowest BCUT2D eigenvalue weighted by molar-refractivity contribution is 0.0472. The molecule has 1 fully saturated rings. The number of piperazine rings is 1. The number of carbonyl (C=O) groups excluding carboxylic acids is 1. The minimum atomic E-state index is -0.359. The third-order valence-corrected chi connectivity index (χ3v) is 4.39. The third-order valence-electron chi connectivity index (χ3n) is 4.39. The summed E-state index contributed by atoms with van der Waals surface area (Å²) in [5.41, 5.74) is 0.879. The van der Waals surface area contributed by atoms with Crippen LogP contribution >= 0.6 is 0 Å². The van der Waals surface area contributed by atoms with Gasteiger partial charge in [0.25, 0.3) is 5.91 Å². The predicted octanol–water partition coefficient (Wildman–Crippen LogP) is 1.50. The zero-order chi connectivity index (χ0) is 16.8. The predicted molar refractivity (Wildman–Crippen MR) is 85.8 cm³/mol. The van der Waals surface area contributed by atoms with E-state index in [2.05, 4.69) is 4.90 Å². The van der Waals surface area contributed by atoms with Gasteiger partial charge in [0, 0.05) is 50.5 Å². The van der Waals surface area contributed by atoms with Gasteiger partial charge in [-0.3, -0.25) is 9.69 Å². The lowest BCUT2D eigenvalue weighted by Gasteiger charge is -2.38. The minimum absolute atomic E-state index is 0.0842. The summed E-state index contributed by atoms with van der Waals surface area (Å²) in [4.78, 5) is 16.6. The number of rotatable bonds is 6. The summed E-state index contributed by atoms with van der Waals surface area (Å²) >= 11 is 0. The van der Waals surface area contributed by atoms with Crippen LogP contribution in [0.5, 0.6) is 0 Å². The van der Waals surface area contributed by atoms with Crippen molar-refractivity contribution in [2.75, 3.05) is 39.9 Å². The smallest absolute Gasteiger partial charge is 0.253 e. The average molecular weight is 324 g/mol. The van der Waals surface area contributed by atoms with Crippen LogP contribution in [-0.2, 0) is 11.3 Å². The first-order valence-corrected chi connectivity index (χ1v) is 8.02. The number of amides is 1. The molecule has 128 valence electrons. The van der Waals surface area contributed by atoms with E-state index >= 15 is 0 Å². The molecule has 1 unspecified atom stereocenters. The third kappa shape index (κ3) is 4.28. The van der Waals surface area contributed by atoms with Crippen LogP contribution in [0, 0.1) is 5.82 Å². The van der Waals surface area contributed by atoms with E-state index in [-0.39, 0.29) is 31.0 Å². The molecule has 0 spiro atoms. The maximum absolute atomic E-state index is 13.6. The first kappa shape index (κ1) is 17.8. The Labute approximate surface area is 136 Å². The van der Waals surface area contributed by atoms with Crippen LogP contribution in [0.4, 0.5) is 4.39 Å². The highest BCUT2D eigenvalue weighted by molar-refractivity contribution is 5.94. The maximum atomic E-state index is 13.6. The lowest BCUT2D eigenvalue weighted by Crippen LogP contribution is -2.52. The summed E-state index contributed by atoms with van der Waals surface area (Å²) in [6.45, 7) is 5.07. The number of carbonyl (C=O) groups is 1. The Morgan fingerprint density at radius 1 is 1.35 bits per heavy atom. The summed E-state index contributed by atoms with van der Waals surface area (Å²) < 4.78 is 18.6. The van der Waals surface area contributed by atoms with E-state index in [1.54, 1.807) is 11.0 Å². The summed E-state index contributed by atoms with van der Waals surface area (Å²) in [5, 5.41) is 9.37. The molecule has 1 heterocycles. The van der Waals surface area contributed by atoms with Crippen LogP contribution in [-0.4, -0.2) is 66.8 Å². The fourth-order valence-corrected chi connectivity index (χ4v) is 2.95. The molecule has 1 amide bonds. The topological polar surface area (TPSA) is 53.0 Å². The number of methoxy groups -OCH3 is 1. The van der Waals surface area contributed by atoms with Crippen molar-refractivity contribution in [2.24, 2.45) is 0 Å². The van der Waals surface area contributed by atoms with E-state index in [4.69, 9.17) is 4.74 Å². The number of ether oxygens (including phenoxy) is 1. The number of aliphatic hydroxyl groups is 1. The van der Waals surface area contributed by atoms with Crippen LogP contribution in [0.15, 0.2) is 18.2 Å². The fraction of sp³-hybridized carbons (Fsp3) is 0.588. The molecular weight excluding hydrogens is 299 g/mol. The second-order valence-electron chi connectivity index (χ2n) is 5.81. The molecule has 1 aromatic rings. The van der Waals surface area contributed by atoms with E-state index in [0.717, 1.165) is 19.5 Å². The van der Waals surface area contributed by atoms with E-state index in [9.17, 15) is 14.3 Å². The van der Waals surface area contributed by atoms with E-state index in [1.165, 1.54) is 19.2 Å². The van der Waals surface area contributed by atoms with Crippen LogP contribution in [0.2, 0.25) is 0 Å². The molecule has 1 atom stereocenters. The Hall–Kier alpha value is -1.50. The molecule has 6 heteroatoms. The number of hydrogen-bond donors (Lipinski definition) is 1. The molecule has 0 aromatic heterocycles. The Bertz CT molecular complexity index is 527. The Balaban J connectivity index is 2.01. The number of benzene rings is 1. The Morgan fingerprint density at radius 3 is 2.61 bits per heavy atom. The fourth-order valence-electron chi connectivity index (χ4n) is 2.95. The standard InChI is InChI=1S/C17H25FN2O3/c1-3-15(11-21)19-6-8-20(9-7-19)17(22)13-4-5-16(18)14(10-13)12-23-2/h4-5,10,15,21H,3,6-9,11-12H2,1-2H3. The second-order valence-corrected chi connectivity index (χ2v) is 5.81. The van der Waals surface area contributed by atoms with Gasteiger partial charge in [0.2, 0.25) is 0 Å². The number of nitrogens with zero attached hydrogens (tertiary/aromatic N) is 2. The largest absolute Gasteiger partial charge is 0.395 e. The zero-order valence-electron chi connectivity index (χ0n) is 13.8. The van der Waals surface area contributed by atoms with Crippen LogP contribution in [0.1, 0.15) is 29.3 Å². The van der Waals surface area contributed by atoms with E-state index in [0.29, 0.717) is 24.2 Å². The van der Waals surface area contributed by atoms with Gasteiger partial charge in [-0.2, -0.15) is 0 Å². The zero-order valence-corrected chi connectivity index (χ0v) is 13.8. The molecule has 0 bridgehead atoms. The van der Waals surface area contributed by atoms with Gasteiger partial charge < -0.3 is 14.7 Å². The highest BCUT2D eigenvalue weighted by Gasteiger charge is 2.25. The van der Waals surface area contributed by atoms with Crippen molar-refractivity contribution < 1.29 is 19.0 Å². The lowest BCUT2D eigenvalue weighted by atomic mass is 10.1. The Kier molecular flexibility index (Phi) is 6.50. The van der Waals surface area contributed by atoms with Gasteiger partial charge in [0.05, 0.1) is 13.2 Å². The average Bonchev–Trinajstić information content (AvgIpc) is 2.58. The second kappa shape index (κ2) is 8.38. The van der Waals surface area contributed by atoms with Crippen LogP contribution in [0.3, 0.4) is 0 Å². The van der Waals surface area contributed by atoms with Gasteiger partial charge in [-0.05, 0) is 24.6 Å². The highest BCUT2D eigenvalue weighted by Crippen LogP contribution is 2.16. The molecule has 0 saturated carbocycles. The van der Waals surface area contributed by atoms with Crippen molar-refractivity contribution in [2.45, 2.75) is 26.0 Å². The SMILES string of the molecule is CCC(CO)N1CCN(C(=O)c2ccc(F)c(COC)c2)CC1. The summed E-state index contributed by atoms with van der Waals surface area (Å²) in [6.07, 6.45) is 0.892. The van der Waals surface area contributed by atoms with Crippen molar-refractivity contribution >= 4 is 5.91 Å². The van der Waals surface area contributed by atoms with Gasteiger partial charge in [-0.1, -0.05) is 6.92 Å². The molecule has 0 radical (unpaired) electrons. The van der Waals surface area contributed by atoms with Gasteiger partial charge >= 0.3 is 0 Å². The molecule has 23 heavy (non-hydrogen) atoms. The molecule has 2 rings (SSSR count). The summed E-state index contributed by atoms with van der Waals surface area (Å²) in [6, 6.07) is 4.56. The Morgan fingerprint density at radius 2 is 2.04 bits per heavy atom. The van der Waals surface area contributed by atoms with Gasteiger partial charge in [0.1, 0.15) is 5.82 Å². The number of halogens is 1. The van der Waals surface area contributed by atoms with E-state index < -0.39 is 0 Å². The molecule has 1 aliphatic rings. The molecule has 0 aliphatic carbocycles. The normalized spacial score (nSPS) is 17.3. The van der Waals surface area contributed by atoms with Gasteiger partial charge in [0.15, 0.2) is 0 Å². The molecular formula is C17H25FN2O3. The highest BCUT2D eigenvalue weighted by atomic mass is 19.1. The van der Waals surface area contributed by atoms with Gasteiger partial charge in [-0.25, -0.2) is 4.39 Å². The molecule has 1 saturated heterocycles. The van der Waals surface area contributed by atoms with Crippen molar-refractivity contribution in [3.8, 4) is 0 Å². The van der Waals surface area contributed by atoms with Crippen molar-refractivity contribution in [1.29, 1.82) is 0 Å². The first-order chi connectivity index (χ1) is 11.1. The minimum Gasteiger partial charge on any atom is -0.395 e. The number of aliphatic hydroxyl groups excluding tert-OH is 1. The molecule has 1 N–H and O–H groups in total. The summed E-state index contributed by atoms with van der Waals surface area (Å²) in [5.74, 6) is -0.444. The van der Waals surface area contributed by atoms with Crippen molar-refractivity contribution in [1.82, 2.24) is 9.80 Å². The summed E-state index contributed by atoms with van der Waals surface area (Å²) in [7, 11) is 1.50. The van der Waals surface area contributed by atoms with Gasteiger partial charge in [-0.15, -0.1) is 0 Å². The molecule has 1 aromatic carbocycles.